The minimum Gasteiger partial charge on any atom is -0.497 e. The summed E-state index contributed by atoms with van der Waals surface area (Å²) >= 11 is 0. The highest BCUT2D eigenvalue weighted by molar-refractivity contribution is 5.40. The first-order valence-electron chi connectivity index (χ1n) is 6.92. The van der Waals surface area contributed by atoms with E-state index in [0.29, 0.717) is 13.2 Å². The van der Waals surface area contributed by atoms with Crippen molar-refractivity contribution in [2.45, 2.75) is 19.4 Å². The topological polar surface area (TPSA) is 60.0 Å². The number of nitrogens with one attached hydrogen (secondary N) is 1. The number of benzene rings is 1. The highest BCUT2D eigenvalue weighted by atomic mass is 16.5. The summed E-state index contributed by atoms with van der Waals surface area (Å²) in [7, 11) is 3.33. The molecule has 5 nitrogen and oxygen atoms in total. The zero-order chi connectivity index (χ0) is 14.6. The van der Waals surface area contributed by atoms with Crippen LogP contribution in [-0.2, 0) is 11.3 Å². The van der Waals surface area contributed by atoms with Crippen LogP contribution in [0.1, 0.15) is 18.4 Å². The predicted octanol–water partition coefficient (Wildman–Crippen LogP) is 1.58. The van der Waals surface area contributed by atoms with Gasteiger partial charge in [-0.1, -0.05) is 6.07 Å². The van der Waals surface area contributed by atoms with Gasteiger partial charge in [0.05, 0.1) is 20.3 Å². The van der Waals surface area contributed by atoms with E-state index in [9.17, 15) is 0 Å². The maximum atomic E-state index is 8.77. The molecule has 1 rings (SSSR count). The van der Waals surface area contributed by atoms with Crippen LogP contribution in [0.5, 0.6) is 11.5 Å². The number of hydrogen-bond acceptors (Lipinski definition) is 5. The van der Waals surface area contributed by atoms with E-state index in [4.69, 9.17) is 19.3 Å². The van der Waals surface area contributed by atoms with E-state index < -0.39 is 0 Å². The van der Waals surface area contributed by atoms with Crippen LogP contribution in [0.15, 0.2) is 18.2 Å². The molecular formula is C15H25NO4. The lowest BCUT2D eigenvalue weighted by Crippen LogP contribution is -2.19. The Morgan fingerprint density at radius 3 is 2.70 bits per heavy atom. The molecule has 0 fully saturated rings. The van der Waals surface area contributed by atoms with Gasteiger partial charge in [0.25, 0.3) is 0 Å². The summed E-state index contributed by atoms with van der Waals surface area (Å²) in [4.78, 5) is 0. The molecule has 0 bridgehead atoms. The first kappa shape index (κ1) is 16.8. The van der Waals surface area contributed by atoms with Gasteiger partial charge < -0.3 is 24.6 Å². The van der Waals surface area contributed by atoms with E-state index in [0.717, 1.165) is 43.0 Å². The molecule has 0 aliphatic carbocycles. The van der Waals surface area contributed by atoms with Crippen molar-refractivity contribution in [1.82, 2.24) is 5.32 Å². The fourth-order valence-corrected chi connectivity index (χ4v) is 1.74. The Bertz CT molecular complexity index is 371. The van der Waals surface area contributed by atoms with Crippen LogP contribution in [0.25, 0.3) is 0 Å². The van der Waals surface area contributed by atoms with Gasteiger partial charge in [-0.2, -0.15) is 0 Å². The molecule has 5 heteroatoms. The standard InChI is InChI=1S/C15H25NO4/c1-18-10-7-16-12-13-5-6-14(19-2)11-15(13)20-9-4-3-8-17/h5-6,11,16-17H,3-4,7-10,12H2,1-2H3. The Labute approximate surface area is 120 Å². The highest BCUT2D eigenvalue weighted by Gasteiger charge is 2.06. The van der Waals surface area contributed by atoms with Crippen LogP contribution in [0.2, 0.25) is 0 Å². The summed E-state index contributed by atoms with van der Waals surface area (Å²) in [5.74, 6) is 1.61. The van der Waals surface area contributed by atoms with Crippen LogP contribution in [0.3, 0.4) is 0 Å². The van der Waals surface area contributed by atoms with E-state index in [1.54, 1.807) is 14.2 Å². The number of hydrogen-bond donors (Lipinski definition) is 2. The Balaban J connectivity index is 2.56. The zero-order valence-corrected chi connectivity index (χ0v) is 12.4. The molecule has 0 radical (unpaired) electrons. The van der Waals surface area contributed by atoms with Crippen molar-refractivity contribution in [3.8, 4) is 11.5 Å². The molecular weight excluding hydrogens is 258 g/mol. The lowest BCUT2D eigenvalue weighted by atomic mass is 10.2. The second-order valence-electron chi connectivity index (χ2n) is 4.42. The first-order valence-corrected chi connectivity index (χ1v) is 6.92. The first-order chi connectivity index (χ1) is 9.81. The van der Waals surface area contributed by atoms with E-state index >= 15 is 0 Å². The van der Waals surface area contributed by atoms with Gasteiger partial charge in [0.2, 0.25) is 0 Å². The third-order valence-electron chi connectivity index (χ3n) is 2.88. The van der Waals surface area contributed by atoms with Crippen molar-refractivity contribution in [2.75, 3.05) is 40.6 Å². The number of rotatable bonds is 11. The van der Waals surface area contributed by atoms with Gasteiger partial charge >= 0.3 is 0 Å². The maximum Gasteiger partial charge on any atom is 0.127 e. The molecule has 20 heavy (non-hydrogen) atoms. The van der Waals surface area contributed by atoms with Gasteiger partial charge in [-0.05, 0) is 18.9 Å². The van der Waals surface area contributed by atoms with E-state index in [-0.39, 0.29) is 6.61 Å². The summed E-state index contributed by atoms with van der Waals surface area (Å²) in [5, 5.41) is 12.1. The van der Waals surface area contributed by atoms with Gasteiger partial charge in [-0.3, -0.25) is 0 Å². The number of unbranched alkanes of at least 4 members (excludes halogenated alkanes) is 1. The van der Waals surface area contributed by atoms with Crippen LogP contribution >= 0.6 is 0 Å². The zero-order valence-electron chi connectivity index (χ0n) is 12.4. The van der Waals surface area contributed by atoms with Crippen LogP contribution < -0.4 is 14.8 Å². The number of aliphatic hydroxyl groups excluding tert-OH is 1. The third kappa shape index (κ3) is 6.23. The van der Waals surface area contributed by atoms with Gasteiger partial charge in [0, 0.05) is 38.4 Å². The SMILES string of the molecule is COCCNCc1ccc(OC)cc1OCCCCO. The van der Waals surface area contributed by atoms with Crippen LogP contribution in [0.4, 0.5) is 0 Å². The van der Waals surface area contributed by atoms with Crippen molar-refractivity contribution in [2.24, 2.45) is 0 Å². The highest BCUT2D eigenvalue weighted by Crippen LogP contribution is 2.25. The molecule has 1 aromatic rings. The van der Waals surface area contributed by atoms with Gasteiger partial charge in [-0.25, -0.2) is 0 Å². The summed E-state index contributed by atoms with van der Waals surface area (Å²) in [6.45, 7) is 3.00. The average molecular weight is 283 g/mol. The molecule has 0 aliphatic rings. The van der Waals surface area contributed by atoms with Crippen molar-refractivity contribution in [3.05, 3.63) is 23.8 Å². The molecule has 114 valence electrons. The molecule has 0 aromatic heterocycles. The molecule has 0 saturated carbocycles. The molecule has 0 atom stereocenters. The minimum atomic E-state index is 0.201. The van der Waals surface area contributed by atoms with Crippen molar-refractivity contribution >= 4 is 0 Å². The molecule has 0 aliphatic heterocycles. The predicted molar refractivity (Wildman–Crippen MR) is 78.4 cm³/mol. The van der Waals surface area contributed by atoms with Gasteiger partial charge in [0.1, 0.15) is 11.5 Å². The number of ether oxygens (including phenoxy) is 3. The summed E-state index contributed by atoms with van der Waals surface area (Å²) in [6, 6.07) is 5.82. The number of methoxy groups -OCH3 is 2. The normalized spacial score (nSPS) is 10.6. The minimum absolute atomic E-state index is 0.201. The van der Waals surface area contributed by atoms with Crippen LogP contribution in [0, 0.1) is 0 Å². The summed E-state index contributed by atoms with van der Waals surface area (Å²) in [6.07, 6.45) is 1.59. The van der Waals surface area contributed by atoms with Crippen molar-refractivity contribution < 1.29 is 19.3 Å². The fraction of sp³-hybridized carbons (Fsp3) is 0.600. The van der Waals surface area contributed by atoms with Gasteiger partial charge in [-0.15, -0.1) is 0 Å². The summed E-state index contributed by atoms with van der Waals surface area (Å²) < 4.78 is 16.0. The molecule has 0 unspecified atom stereocenters. The second kappa shape index (κ2) is 10.5. The van der Waals surface area contributed by atoms with E-state index in [2.05, 4.69) is 5.32 Å². The largest absolute Gasteiger partial charge is 0.497 e. The number of aliphatic hydroxyl groups is 1. The van der Waals surface area contributed by atoms with Crippen molar-refractivity contribution in [1.29, 1.82) is 0 Å². The third-order valence-corrected chi connectivity index (χ3v) is 2.88. The molecule has 0 amide bonds. The molecule has 0 spiro atoms. The smallest absolute Gasteiger partial charge is 0.127 e. The Morgan fingerprint density at radius 2 is 2.00 bits per heavy atom. The summed E-state index contributed by atoms with van der Waals surface area (Å²) in [5.41, 5.74) is 1.09. The quantitative estimate of drug-likeness (QED) is 0.604. The van der Waals surface area contributed by atoms with Crippen molar-refractivity contribution in [3.63, 3.8) is 0 Å². The molecule has 0 saturated heterocycles. The lowest BCUT2D eigenvalue weighted by molar-refractivity contribution is 0.199. The fourth-order valence-electron chi connectivity index (χ4n) is 1.74. The van der Waals surface area contributed by atoms with E-state index in [1.165, 1.54) is 0 Å². The van der Waals surface area contributed by atoms with E-state index in [1.807, 2.05) is 18.2 Å². The average Bonchev–Trinajstić information content (AvgIpc) is 2.49. The maximum absolute atomic E-state index is 8.77. The molecule has 1 aromatic carbocycles. The Hall–Kier alpha value is -1.30. The molecule has 2 N–H and O–H groups in total. The monoisotopic (exact) mass is 283 g/mol. The van der Waals surface area contributed by atoms with Gasteiger partial charge in [0.15, 0.2) is 0 Å². The Morgan fingerprint density at radius 1 is 1.15 bits per heavy atom. The second-order valence-corrected chi connectivity index (χ2v) is 4.42. The van der Waals surface area contributed by atoms with Crippen LogP contribution in [-0.4, -0.2) is 45.7 Å². The lowest BCUT2D eigenvalue weighted by Gasteiger charge is -2.13. The molecule has 0 heterocycles. The Kier molecular flexibility index (Phi) is 8.78.